The summed E-state index contributed by atoms with van der Waals surface area (Å²) >= 11 is 0. The highest BCUT2D eigenvalue weighted by atomic mass is 16.2. The fraction of sp³-hybridized carbons (Fsp3) is 0.320. The number of rotatable bonds is 4. The van der Waals surface area contributed by atoms with Crippen molar-refractivity contribution in [3.05, 3.63) is 75.7 Å². The molecule has 1 atom stereocenters. The van der Waals surface area contributed by atoms with Gasteiger partial charge in [0, 0.05) is 18.9 Å². The summed E-state index contributed by atoms with van der Waals surface area (Å²) in [6, 6.07) is 13.8. The minimum Gasteiger partial charge on any atom is -0.335 e. The van der Waals surface area contributed by atoms with Crippen molar-refractivity contribution >= 4 is 28.5 Å². The van der Waals surface area contributed by atoms with Gasteiger partial charge in [0.25, 0.3) is 11.5 Å². The summed E-state index contributed by atoms with van der Waals surface area (Å²) in [7, 11) is 0. The van der Waals surface area contributed by atoms with Crippen LogP contribution in [0.25, 0.3) is 10.8 Å². The number of carbonyl (C=O) groups excluding carboxylic acids is 3. The second-order valence-electron chi connectivity index (χ2n) is 8.62. The lowest BCUT2D eigenvalue weighted by atomic mass is 9.90. The van der Waals surface area contributed by atoms with E-state index in [1.54, 1.807) is 43.0 Å². The van der Waals surface area contributed by atoms with E-state index in [1.165, 1.54) is 11.6 Å². The molecule has 9 nitrogen and oxygen atoms in total. The Morgan fingerprint density at radius 2 is 1.71 bits per heavy atom. The van der Waals surface area contributed by atoms with E-state index in [-0.39, 0.29) is 29.6 Å². The van der Waals surface area contributed by atoms with Crippen LogP contribution in [0.3, 0.4) is 0 Å². The van der Waals surface area contributed by atoms with Gasteiger partial charge in [0.1, 0.15) is 0 Å². The lowest BCUT2D eigenvalue weighted by molar-refractivity contribution is -0.133. The molecule has 4 rings (SSSR count). The summed E-state index contributed by atoms with van der Waals surface area (Å²) in [6.07, 6.45) is 0.728. The molecule has 2 N–H and O–H groups in total. The predicted molar refractivity (Wildman–Crippen MR) is 127 cm³/mol. The molecule has 176 valence electrons. The quantitative estimate of drug-likeness (QED) is 0.579. The Morgan fingerprint density at radius 3 is 2.41 bits per heavy atom. The number of nitrogens with one attached hydrogen (secondary N) is 2. The molecule has 1 unspecified atom stereocenters. The number of benzene rings is 2. The number of hydrazine groups is 1. The molecule has 0 spiro atoms. The van der Waals surface area contributed by atoms with Crippen LogP contribution in [0.2, 0.25) is 0 Å². The number of fused-ring (bicyclic) bond motifs is 2. The van der Waals surface area contributed by atoms with Crippen LogP contribution in [-0.4, -0.2) is 38.9 Å². The van der Waals surface area contributed by atoms with Crippen molar-refractivity contribution in [3.63, 3.8) is 0 Å². The number of nitrogens with zero attached hydrogens (tertiary/aromatic N) is 3. The van der Waals surface area contributed by atoms with Crippen LogP contribution in [0.15, 0.2) is 53.3 Å². The van der Waals surface area contributed by atoms with Gasteiger partial charge in [-0.3, -0.25) is 30.0 Å². The van der Waals surface area contributed by atoms with Crippen molar-refractivity contribution in [1.29, 1.82) is 0 Å². The minimum atomic E-state index is -0.633. The average Bonchev–Trinajstić information content (AvgIpc) is 2.82. The van der Waals surface area contributed by atoms with E-state index in [0.717, 1.165) is 17.5 Å². The highest BCUT2D eigenvalue weighted by Gasteiger charge is 2.30. The Morgan fingerprint density at radius 1 is 1.03 bits per heavy atom. The van der Waals surface area contributed by atoms with E-state index in [4.69, 9.17) is 0 Å². The number of carbonyl (C=O) groups is 3. The number of hydrogen-bond donors (Lipinski definition) is 2. The highest BCUT2D eigenvalue weighted by molar-refractivity contribution is 6.05. The van der Waals surface area contributed by atoms with Gasteiger partial charge in [-0.25, -0.2) is 4.68 Å². The maximum Gasteiger partial charge on any atom is 0.290 e. The van der Waals surface area contributed by atoms with Crippen molar-refractivity contribution in [2.24, 2.45) is 0 Å². The predicted octanol–water partition coefficient (Wildman–Crippen LogP) is 2.27. The van der Waals surface area contributed by atoms with Crippen LogP contribution < -0.4 is 16.4 Å². The molecular formula is C25H27N5O4. The van der Waals surface area contributed by atoms with Gasteiger partial charge in [0.05, 0.1) is 23.9 Å². The van der Waals surface area contributed by atoms with E-state index in [0.29, 0.717) is 17.3 Å². The van der Waals surface area contributed by atoms with Crippen LogP contribution in [0.1, 0.15) is 60.9 Å². The Hall–Kier alpha value is -4.01. The summed E-state index contributed by atoms with van der Waals surface area (Å²) in [5.74, 6) is -1.18. The van der Waals surface area contributed by atoms with E-state index in [9.17, 15) is 19.2 Å². The molecule has 0 saturated heterocycles. The van der Waals surface area contributed by atoms with Crippen LogP contribution >= 0.6 is 0 Å². The Labute approximate surface area is 196 Å². The molecule has 0 radical (unpaired) electrons. The molecule has 0 saturated carbocycles. The van der Waals surface area contributed by atoms with Gasteiger partial charge >= 0.3 is 0 Å². The van der Waals surface area contributed by atoms with Gasteiger partial charge in [-0.15, -0.1) is 0 Å². The maximum atomic E-state index is 12.9. The van der Waals surface area contributed by atoms with Crippen molar-refractivity contribution < 1.29 is 14.4 Å². The molecule has 3 aromatic rings. The van der Waals surface area contributed by atoms with Gasteiger partial charge in [0.2, 0.25) is 11.8 Å². The van der Waals surface area contributed by atoms with Crippen LogP contribution in [-0.2, 0) is 16.0 Å². The van der Waals surface area contributed by atoms with Crippen molar-refractivity contribution in [3.8, 4) is 0 Å². The van der Waals surface area contributed by atoms with Gasteiger partial charge in [0.15, 0.2) is 5.69 Å². The number of amides is 3. The average molecular weight is 462 g/mol. The first-order valence-electron chi connectivity index (χ1n) is 11.2. The lowest BCUT2D eigenvalue weighted by Crippen LogP contribution is -2.46. The largest absolute Gasteiger partial charge is 0.335 e. The van der Waals surface area contributed by atoms with Gasteiger partial charge < -0.3 is 4.90 Å². The molecule has 0 bridgehead atoms. The molecule has 3 amide bonds. The summed E-state index contributed by atoms with van der Waals surface area (Å²) in [4.78, 5) is 52.3. The first kappa shape index (κ1) is 23.2. The molecule has 9 heteroatoms. The fourth-order valence-electron chi connectivity index (χ4n) is 4.39. The Kier molecular flexibility index (Phi) is 6.45. The zero-order chi connectivity index (χ0) is 24.4. The molecule has 1 aromatic heterocycles. The van der Waals surface area contributed by atoms with Crippen LogP contribution in [0, 0.1) is 0 Å². The molecule has 2 aromatic carbocycles. The molecular weight excluding hydrogens is 434 g/mol. The zero-order valence-electron chi connectivity index (χ0n) is 19.4. The maximum absolute atomic E-state index is 12.9. The molecule has 0 fully saturated rings. The summed E-state index contributed by atoms with van der Waals surface area (Å²) in [5.41, 5.74) is 6.65. The van der Waals surface area contributed by atoms with Crippen molar-refractivity contribution in [1.82, 2.24) is 25.5 Å². The second-order valence-corrected chi connectivity index (χ2v) is 8.62. The van der Waals surface area contributed by atoms with E-state index in [1.807, 2.05) is 24.3 Å². The minimum absolute atomic E-state index is 0.00343. The molecule has 2 heterocycles. The molecule has 34 heavy (non-hydrogen) atoms. The first-order valence-corrected chi connectivity index (χ1v) is 11.2. The Balaban J connectivity index is 1.53. The standard InChI is InChI=1S/C25H27N5O4/c1-15(2)30-25(34)20-11-7-6-10-19(20)23(28-30)24(33)27-26-22(32)14-21-18-9-5-4-8-17(18)12-13-29(21)16(3)31/h4-11,15,21H,12-14H2,1-3H3,(H,26,32)(H,27,33). The smallest absolute Gasteiger partial charge is 0.290 e. The van der Waals surface area contributed by atoms with Crippen LogP contribution in [0.5, 0.6) is 0 Å². The SMILES string of the molecule is CC(=O)N1CCc2ccccc2C1CC(=O)NNC(=O)c1nn(C(C)C)c(=O)c2ccccc12. The van der Waals surface area contributed by atoms with Crippen LogP contribution in [0.4, 0.5) is 0 Å². The third-order valence-corrected chi connectivity index (χ3v) is 6.04. The third-order valence-electron chi connectivity index (χ3n) is 6.04. The van der Waals surface area contributed by atoms with E-state index >= 15 is 0 Å². The van der Waals surface area contributed by atoms with Gasteiger partial charge in [-0.05, 0) is 37.5 Å². The molecule has 1 aliphatic rings. The second kappa shape index (κ2) is 9.46. The third kappa shape index (κ3) is 4.41. The molecule has 1 aliphatic heterocycles. The summed E-state index contributed by atoms with van der Waals surface area (Å²) < 4.78 is 1.25. The summed E-state index contributed by atoms with van der Waals surface area (Å²) in [5, 5.41) is 5.02. The highest BCUT2D eigenvalue weighted by Crippen LogP contribution is 2.32. The molecule has 0 aliphatic carbocycles. The number of hydrogen-bond acceptors (Lipinski definition) is 5. The van der Waals surface area contributed by atoms with Crippen molar-refractivity contribution in [2.45, 2.75) is 45.7 Å². The fourth-order valence-corrected chi connectivity index (χ4v) is 4.39. The lowest BCUT2D eigenvalue weighted by Gasteiger charge is -2.36. The topological polar surface area (TPSA) is 113 Å². The zero-order valence-corrected chi connectivity index (χ0v) is 19.4. The monoisotopic (exact) mass is 461 g/mol. The summed E-state index contributed by atoms with van der Waals surface area (Å²) in [6.45, 7) is 5.62. The van der Waals surface area contributed by atoms with Crippen molar-refractivity contribution in [2.75, 3.05) is 6.54 Å². The van der Waals surface area contributed by atoms with E-state index < -0.39 is 17.9 Å². The van der Waals surface area contributed by atoms with Gasteiger partial charge in [-0.2, -0.15) is 5.10 Å². The van der Waals surface area contributed by atoms with E-state index in [2.05, 4.69) is 16.0 Å². The first-order chi connectivity index (χ1) is 16.3. The van der Waals surface area contributed by atoms with Gasteiger partial charge in [-0.1, -0.05) is 42.5 Å². The normalized spacial score (nSPS) is 15.2. The Bertz CT molecular complexity index is 1330. The number of aromatic nitrogens is 2.